The Bertz CT molecular complexity index is 1440. The quantitative estimate of drug-likeness (QED) is 0.365. The topological polar surface area (TPSA) is 115 Å². The first-order chi connectivity index (χ1) is 17.0. The number of amides is 2. The van der Waals surface area contributed by atoms with Gasteiger partial charge in [-0.25, -0.2) is 19.9 Å². The van der Waals surface area contributed by atoms with Gasteiger partial charge < -0.3 is 10.6 Å². The van der Waals surface area contributed by atoms with Crippen LogP contribution >= 0.6 is 22.9 Å². The smallest absolute Gasteiger partial charge is 0.342 e. The number of aromatic nitrogens is 5. The van der Waals surface area contributed by atoms with E-state index in [1.807, 2.05) is 6.92 Å². The molecule has 4 aromatic rings. The number of nitrogens with zero attached hydrogens (tertiary/aromatic N) is 5. The van der Waals surface area contributed by atoms with Gasteiger partial charge in [0.15, 0.2) is 0 Å². The monoisotopic (exact) mass is 535 g/mol. The van der Waals surface area contributed by atoms with Crippen LogP contribution in [-0.4, -0.2) is 36.3 Å². The molecule has 2 amide bonds. The summed E-state index contributed by atoms with van der Waals surface area (Å²) in [5.74, 6) is -0.946. The maximum Gasteiger partial charge on any atom is 0.418 e. The van der Waals surface area contributed by atoms with Crippen molar-refractivity contribution in [2.45, 2.75) is 26.1 Å². The third-order valence-corrected chi connectivity index (χ3v) is 6.29. The summed E-state index contributed by atoms with van der Waals surface area (Å²) in [4.78, 5) is 41.7. The third-order valence-electron chi connectivity index (χ3n) is 4.81. The predicted molar refractivity (Wildman–Crippen MR) is 126 cm³/mol. The maximum atomic E-state index is 13.0. The fourth-order valence-corrected chi connectivity index (χ4v) is 4.09. The lowest BCUT2D eigenvalue weighted by Crippen LogP contribution is -2.27. The van der Waals surface area contributed by atoms with Gasteiger partial charge in [-0.15, -0.1) is 11.3 Å². The van der Waals surface area contributed by atoms with E-state index in [1.54, 1.807) is 42.2 Å². The molecule has 0 spiro atoms. The lowest BCUT2D eigenvalue weighted by Gasteiger charge is -2.11. The molecule has 0 aromatic carbocycles. The first kappa shape index (κ1) is 25.3. The number of rotatable bonds is 6. The lowest BCUT2D eigenvalue weighted by molar-refractivity contribution is -0.137. The van der Waals surface area contributed by atoms with E-state index >= 15 is 0 Å². The first-order valence-electron chi connectivity index (χ1n) is 10.3. The molecule has 4 aromatic heterocycles. The van der Waals surface area contributed by atoms with Gasteiger partial charge in [0.25, 0.3) is 11.8 Å². The third kappa shape index (κ3) is 5.69. The van der Waals surface area contributed by atoms with Gasteiger partial charge in [-0.2, -0.15) is 13.2 Å². The number of anilines is 1. The molecule has 0 saturated heterocycles. The van der Waals surface area contributed by atoms with E-state index in [0.29, 0.717) is 16.9 Å². The Morgan fingerprint density at radius 2 is 1.92 bits per heavy atom. The summed E-state index contributed by atoms with van der Waals surface area (Å²) in [5, 5.41) is 4.90. The number of aryl methyl sites for hydroxylation is 1. The Kier molecular flexibility index (Phi) is 7.04. The minimum Gasteiger partial charge on any atom is -0.342 e. The van der Waals surface area contributed by atoms with Crippen LogP contribution in [0, 0.1) is 6.92 Å². The number of imidazole rings is 1. The summed E-state index contributed by atoms with van der Waals surface area (Å²) in [6.07, 6.45) is 0.744. The summed E-state index contributed by atoms with van der Waals surface area (Å²) in [6, 6.07) is 5.07. The molecule has 36 heavy (non-hydrogen) atoms. The Morgan fingerprint density at radius 3 is 2.61 bits per heavy atom. The molecule has 0 aliphatic rings. The summed E-state index contributed by atoms with van der Waals surface area (Å²) in [7, 11) is 0. The van der Waals surface area contributed by atoms with Crippen LogP contribution in [0.4, 0.5) is 19.0 Å². The maximum absolute atomic E-state index is 13.0. The van der Waals surface area contributed by atoms with Gasteiger partial charge in [0, 0.05) is 12.4 Å². The summed E-state index contributed by atoms with van der Waals surface area (Å²) < 4.78 is 40.8. The molecule has 1 atom stereocenters. The molecule has 14 heteroatoms. The van der Waals surface area contributed by atoms with Gasteiger partial charge in [-0.1, -0.05) is 17.7 Å². The van der Waals surface area contributed by atoms with Gasteiger partial charge in [0.1, 0.15) is 33.5 Å². The lowest BCUT2D eigenvalue weighted by atomic mass is 10.2. The Labute approximate surface area is 211 Å². The normalized spacial score (nSPS) is 12.3. The van der Waals surface area contributed by atoms with Crippen molar-refractivity contribution in [1.29, 1.82) is 0 Å². The van der Waals surface area contributed by atoms with Crippen LogP contribution < -0.4 is 10.6 Å². The number of hydrogen-bond acceptors (Lipinski definition) is 7. The Hall–Kier alpha value is -3.84. The van der Waals surface area contributed by atoms with Crippen molar-refractivity contribution in [3.8, 4) is 5.82 Å². The number of nitrogens with one attached hydrogen (secondary N) is 2. The number of carbonyl (C=O) groups excluding carboxylic acids is 2. The van der Waals surface area contributed by atoms with Gasteiger partial charge in [0.05, 0.1) is 28.5 Å². The van der Waals surface area contributed by atoms with Crippen molar-refractivity contribution in [2.75, 3.05) is 5.32 Å². The SMILES string of the molecule is Cc1cn(-c2cccc(C(=O)N[C@H](C)c3ncc(C(=O)Nc4cc(C(F)(F)F)c(Cl)cn4)s3)n2)cn1. The van der Waals surface area contributed by atoms with E-state index in [9.17, 15) is 22.8 Å². The van der Waals surface area contributed by atoms with E-state index in [1.165, 1.54) is 6.20 Å². The average molecular weight is 536 g/mol. The minimum atomic E-state index is -4.70. The number of halogens is 4. The highest BCUT2D eigenvalue weighted by Gasteiger charge is 2.34. The van der Waals surface area contributed by atoms with Crippen molar-refractivity contribution in [2.24, 2.45) is 0 Å². The van der Waals surface area contributed by atoms with Crippen molar-refractivity contribution in [3.05, 3.63) is 81.0 Å². The van der Waals surface area contributed by atoms with Crippen LogP contribution in [0.15, 0.2) is 49.2 Å². The highest BCUT2D eigenvalue weighted by atomic mass is 35.5. The molecular weight excluding hydrogens is 519 g/mol. The van der Waals surface area contributed by atoms with Crippen LogP contribution in [0.25, 0.3) is 5.82 Å². The van der Waals surface area contributed by atoms with Crippen molar-refractivity contribution in [1.82, 2.24) is 29.8 Å². The molecule has 9 nitrogen and oxygen atoms in total. The molecule has 0 aliphatic heterocycles. The number of carbonyl (C=O) groups is 2. The van der Waals surface area contributed by atoms with Crippen LogP contribution in [0.3, 0.4) is 0 Å². The predicted octanol–water partition coefficient (Wildman–Crippen LogP) is 4.84. The van der Waals surface area contributed by atoms with Gasteiger partial charge in [0.2, 0.25) is 0 Å². The summed E-state index contributed by atoms with van der Waals surface area (Å²) in [6.45, 7) is 3.51. The number of pyridine rings is 2. The molecule has 0 bridgehead atoms. The minimum absolute atomic E-state index is 0.118. The summed E-state index contributed by atoms with van der Waals surface area (Å²) in [5.41, 5.74) is -0.136. The van der Waals surface area contributed by atoms with Gasteiger partial charge in [-0.05, 0) is 32.0 Å². The van der Waals surface area contributed by atoms with Gasteiger partial charge >= 0.3 is 6.18 Å². The van der Waals surface area contributed by atoms with Crippen LogP contribution in [-0.2, 0) is 6.18 Å². The second kappa shape index (κ2) is 10.0. The Morgan fingerprint density at radius 1 is 1.14 bits per heavy atom. The Balaban J connectivity index is 1.43. The molecular formula is C22H17ClF3N7O2S. The number of hydrogen-bond donors (Lipinski definition) is 2. The van der Waals surface area contributed by atoms with Crippen molar-refractivity contribution < 1.29 is 22.8 Å². The van der Waals surface area contributed by atoms with Crippen LogP contribution in [0.5, 0.6) is 0 Å². The van der Waals surface area contributed by atoms with E-state index in [2.05, 4.69) is 30.6 Å². The number of alkyl halides is 3. The van der Waals surface area contributed by atoms with E-state index < -0.39 is 34.6 Å². The highest BCUT2D eigenvalue weighted by molar-refractivity contribution is 7.13. The zero-order chi connectivity index (χ0) is 26.0. The van der Waals surface area contributed by atoms with E-state index in [4.69, 9.17) is 11.6 Å². The molecule has 0 saturated carbocycles. The van der Waals surface area contributed by atoms with Crippen molar-refractivity contribution >= 4 is 40.6 Å². The fraction of sp³-hybridized carbons (Fsp3) is 0.182. The molecule has 0 unspecified atom stereocenters. The molecule has 4 heterocycles. The first-order valence-corrected chi connectivity index (χ1v) is 11.5. The molecule has 0 radical (unpaired) electrons. The van der Waals surface area contributed by atoms with Crippen LogP contribution in [0.1, 0.15) is 49.4 Å². The second-order valence-electron chi connectivity index (χ2n) is 7.56. The molecule has 186 valence electrons. The average Bonchev–Trinajstić information content (AvgIpc) is 3.49. The standard InChI is InChI=1S/C22H17ClF3N7O2S/c1-11-9-33(10-29-11)18-5-3-4-15(31-18)19(34)30-12(2)21-28-8-16(36-21)20(35)32-17-6-13(22(24,25)26)14(23)7-27-17/h3-10,12H,1-2H3,(H,30,34)(H,27,32,35)/t12-/m1/s1. The second-order valence-corrected chi connectivity index (χ2v) is 9.03. The zero-order valence-corrected chi connectivity index (χ0v) is 20.2. The number of thiazole rings is 1. The molecule has 0 aliphatic carbocycles. The molecule has 0 fully saturated rings. The largest absolute Gasteiger partial charge is 0.418 e. The zero-order valence-electron chi connectivity index (χ0n) is 18.7. The van der Waals surface area contributed by atoms with Crippen LogP contribution in [0.2, 0.25) is 5.02 Å². The van der Waals surface area contributed by atoms with Gasteiger partial charge in [-0.3, -0.25) is 14.2 Å². The molecule has 4 rings (SSSR count). The highest BCUT2D eigenvalue weighted by Crippen LogP contribution is 2.35. The van der Waals surface area contributed by atoms with E-state index in [0.717, 1.165) is 23.2 Å². The fourth-order valence-electron chi connectivity index (χ4n) is 3.07. The summed E-state index contributed by atoms with van der Waals surface area (Å²) >= 11 is 6.53. The van der Waals surface area contributed by atoms with E-state index in [-0.39, 0.29) is 16.4 Å². The molecule has 2 N–H and O–H groups in total. The van der Waals surface area contributed by atoms with Crippen molar-refractivity contribution in [3.63, 3.8) is 0 Å².